The molecule has 14 heavy (non-hydrogen) atoms. The first-order valence-electron chi connectivity index (χ1n) is 5.12. The fourth-order valence-corrected chi connectivity index (χ4v) is 1.34. The number of nitrogens with one attached hydrogen (secondary N) is 1. The van der Waals surface area contributed by atoms with E-state index in [1.807, 2.05) is 6.08 Å². The quantitative estimate of drug-likeness (QED) is 0.368. The van der Waals surface area contributed by atoms with Crippen LogP contribution in [0.3, 0.4) is 0 Å². The number of ether oxygens (including phenoxy) is 1. The molecule has 0 aliphatic rings. The van der Waals surface area contributed by atoms with Crippen LogP contribution >= 0.6 is 0 Å². The summed E-state index contributed by atoms with van der Waals surface area (Å²) < 4.78 is 4.66. The number of carbonyl (C=O) groups excluding carboxylic acids is 1. The van der Waals surface area contributed by atoms with Crippen molar-refractivity contribution in [3.63, 3.8) is 0 Å². The maximum Gasteiger partial charge on any atom is 0.322 e. The average molecular weight is 199 g/mol. The predicted octanol–water partition coefficient (Wildman–Crippen LogP) is 1.88. The third kappa shape index (κ3) is 5.75. The van der Waals surface area contributed by atoms with Crippen LogP contribution in [0.4, 0.5) is 0 Å². The molecule has 0 amide bonds. The van der Waals surface area contributed by atoms with Crippen molar-refractivity contribution in [2.45, 2.75) is 38.1 Å². The largest absolute Gasteiger partial charge is 0.468 e. The zero-order valence-corrected chi connectivity index (χ0v) is 9.21. The van der Waals surface area contributed by atoms with Crippen LogP contribution in [-0.2, 0) is 9.53 Å². The third-order valence-corrected chi connectivity index (χ3v) is 2.24. The number of rotatable bonds is 8. The molecule has 0 heterocycles. The lowest BCUT2D eigenvalue weighted by Gasteiger charge is -2.12. The van der Waals surface area contributed by atoms with E-state index >= 15 is 0 Å². The highest BCUT2D eigenvalue weighted by molar-refractivity contribution is 5.75. The van der Waals surface area contributed by atoms with Crippen molar-refractivity contribution in [2.24, 2.45) is 0 Å². The molecule has 3 nitrogen and oxygen atoms in total. The van der Waals surface area contributed by atoms with Gasteiger partial charge < -0.3 is 10.1 Å². The van der Waals surface area contributed by atoms with Crippen molar-refractivity contribution >= 4 is 5.97 Å². The van der Waals surface area contributed by atoms with E-state index in [4.69, 9.17) is 0 Å². The summed E-state index contributed by atoms with van der Waals surface area (Å²) in [5, 5.41) is 2.95. The molecule has 3 heteroatoms. The molecule has 0 unspecified atom stereocenters. The van der Waals surface area contributed by atoms with Crippen LogP contribution in [0.1, 0.15) is 32.1 Å². The number of likely N-dealkylation sites (N-methyl/N-ethyl adjacent to an activating group) is 1. The first kappa shape index (κ1) is 13.2. The lowest BCUT2D eigenvalue weighted by Crippen LogP contribution is -2.34. The molecule has 0 aromatic carbocycles. The fourth-order valence-electron chi connectivity index (χ4n) is 1.34. The molecular weight excluding hydrogens is 178 g/mol. The maximum absolute atomic E-state index is 11.2. The molecule has 0 rings (SSSR count). The molecule has 0 aliphatic heterocycles. The highest BCUT2D eigenvalue weighted by Crippen LogP contribution is 2.06. The first-order chi connectivity index (χ1) is 6.76. The number of allylic oxidation sites excluding steroid dienone is 1. The third-order valence-electron chi connectivity index (χ3n) is 2.24. The van der Waals surface area contributed by atoms with Gasteiger partial charge in [-0.05, 0) is 26.3 Å². The summed E-state index contributed by atoms with van der Waals surface area (Å²) in [5.74, 6) is -0.170. The zero-order chi connectivity index (χ0) is 10.8. The number of hydrogen-bond acceptors (Lipinski definition) is 3. The van der Waals surface area contributed by atoms with Gasteiger partial charge in [0.1, 0.15) is 6.04 Å². The van der Waals surface area contributed by atoms with Gasteiger partial charge in [0.15, 0.2) is 0 Å². The summed E-state index contributed by atoms with van der Waals surface area (Å²) in [5.41, 5.74) is 0. The van der Waals surface area contributed by atoms with Crippen LogP contribution in [0.15, 0.2) is 12.7 Å². The standard InChI is InChI=1S/C11H21NO2/c1-4-5-6-7-8-9-10(12-2)11(13)14-3/h4,10,12H,1,5-9H2,2-3H3/t10-/m0/s1. The normalized spacial score (nSPS) is 12.1. The Morgan fingerprint density at radius 1 is 1.50 bits per heavy atom. The smallest absolute Gasteiger partial charge is 0.322 e. The predicted molar refractivity (Wildman–Crippen MR) is 58.1 cm³/mol. The SMILES string of the molecule is C=CCCCCC[C@H](NC)C(=O)OC. The second kappa shape index (κ2) is 8.75. The summed E-state index contributed by atoms with van der Waals surface area (Å²) in [6, 6.07) is -0.149. The minimum atomic E-state index is -0.170. The second-order valence-electron chi connectivity index (χ2n) is 3.29. The van der Waals surface area contributed by atoms with Crippen LogP contribution in [0.5, 0.6) is 0 Å². The summed E-state index contributed by atoms with van der Waals surface area (Å²) in [6.07, 6.45) is 7.18. The fraction of sp³-hybridized carbons (Fsp3) is 0.727. The van der Waals surface area contributed by atoms with E-state index in [0.29, 0.717) is 0 Å². The molecule has 0 aliphatic carbocycles. The van der Waals surface area contributed by atoms with Gasteiger partial charge in [-0.1, -0.05) is 18.9 Å². The average Bonchev–Trinajstić information content (AvgIpc) is 2.22. The van der Waals surface area contributed by atoms with Gasteiger partial charge in [-0.25, -0.2) is 0 Å². The van der Waals surface area contributed by atoms with Crippen molar-refractivity contribution in [3.05, 3.63) is 12.7 Å². The molecule has 82 valence electrons. The van der Waals surface area contributed by atoms with E-state index in [1.165, 1.54) is 7.11 Å². The van der Waals surface area contributed by atoms with Crippen LogP contribution < -0.4 is 5.32 Å². The number of hydrogen-bond donors (Lipinski definition) is 1. The second-order valence-corrected chi connectivity index (χ2v) is 3.29. The topological polar surface area (TPSA) is 38.3 Å². The molecule has 0 aromatic heterocycles. The van der Waals surface area contributed by atoms with Crippen molar-refractivity contribution in [1.82, 2.24) is 5.32 Å². The van der Waals surface area contributed by atoms with Crippen molar-refractivity contribution in [1.29, 1.82) is 0 Å². The van der Waals surface area contributed by atoms with E-state index in [9.17, 15) is 4.79 Å². The van der Waals surface area contributed by atoms with E-state index in [-0.39, 0.29) is 12.0 Å². The van der Waals surface area contributed by atoms with E-state index in [1.54, 1.807) is 7.05 Å². The zero-order valence-electron chi connectivity index (χ0n) is 9.21. The minimum Gasteiger partial charge on any atom is -0.468 e. The summed E-state index contributed by atoms with van der Waals surface area (Å²) in [6.45, 7) is 3.66. The maximum atomic E-state index is 11.2. The highest BCUT2D eigenvalue weighted by atomic mass is 16.5. The Morgan fingerprint density at radius 3 is 2.71 bits per heavy atom. The van der Waals surface area contributed by atoms with Crippen molar-refractivity contribution in [2.75, 3.05) is 14.2 Å². The molecule has 1 N–H and O–H groups in total. The number of unbranched alkanes of at least 4 members (excludes halogenated alkanes) is 3. The van der Waals surface area contributed by atoms with Gasteiger partial charge in [-0.3, -0.25) is 4.79 Å². The molecule has 0 fully saturated rings. The lowest BCUT2D eigenvalue weighted by molar-refractivity contribution is -0.143. The van der Waals surface area contributed by atoms with Gasteiger partial charge >= 0.3 is 5.97 Å². The Bertz CT molecular complexity index is 169. The first-order valence-corrected chi connectivity index (χ1v) is 5.12. The van der Waals surface area contributed by atoms with Crippen molar-refractivity contribution < 1.29 is 9.53 Å². The molecule has 0 spiro atoms. The Balaban J connectivity index is 3.52. The van der Waals surface area contributed by atoms with Crippen molar-refractivity contribution in [3.8, 4) is 0 Å². The molecule has 0 aromatic rings. The Hall–Kier alpha value is -0.830. The monoisotopic (exact) mass is 199 g/mol. The minimum absolute atomic E-state index is 0.149. The molecule has 0 bridgehead atoms. The van der Waals surface area contributed by atoms with Gasteiger partial charge in [-0.2, -0.15) is 0 Å². The summed E-state index contributed by atoms with van der Waals surface area (Å²) in [4.78, 5) is 11.2. The number of esters is 1. The number of carbonyl (C=O) groups is 1. The molecule has 0 radical (unpaired) electrons. The summed E-state index contributed by atoms with van der Waals surface area (Å²) in [7, 11) is 3.20. The van der Waals surface area contributed by atoms with Crippen LogP contribution in [0.25, 0.3) is 0 Å². The summed E-state index contributed by atoms with van der Waals surface area (Å²) >= 11 is 0. The number of methoxy groups -OCH3 is 1. The Kier molecular flexibility index (Phi) is 8.24. The molecule has 0 saturated heterocycles. The lowest BCUT2D eigenvalue weighted by atomic mass is 10.1. The van der Waals surface area contributed by atoms with E-state index in [0.717, 1.165) is 32.1 Å². The highest BCUT2D eigenvalue weighted by Gasteiger charge is 2.15. The van der Waals surface area contributed by atoms with Gasteiger partial charge in [0.25, 0.3) is 0 Å². The van der Waals surface area contributed by atoms with E-state index in [2.05, 4.69) is 16.6 Å². The Labute approximate surface area is 86.5 Å². The van der Waals surface area contributed by atoms with Gasteiger partial charge in [0.2, 0.25) is 0 Å². The van der Waals surface area contributed by atoms with Crippen LogP contribution in [0.2, 0.25) is 0 Å². The Morgan fingerprint density at radius 2 is 2.21 bits per heavy atom. The van der Waals surface area contributed by atoms with E-state index < -0.39 is 0 Å². The van der Waals surface area contributed by atoms with Crippen LogP contribution in [0, 0.1) is 0 Å². The molecular formula is C11H21NO2. The molecule has 1 atom stereocenters. The van der Waals surface area contributed by atoms with Gasteiger partial charge in [0.05, 0.1) is 7.11 Å². The van der Waals surface area contributed by atoms with Gasteiger partial charge in [-0.15, -0.1) is 6.58 Å². The molecule has 0 saturated carbocycles. The van der Waals surface area contributed by atoms with Crippen LogP contribution in [-0.4, -0.2) is 26.2 Å². The van der Waals surface area contributed by atoms with Gasteiger partial charge in [0, 0.05) is 0 Å².